The van der Waals surface area contributed by atoms with Crippen molar-refractivity contribution >= 4 is 17.8 Å². The van der Waals surface area contributed by atoms with Crippen LogP contribution in [0.1, 0.15) is 47.5 Å². The average molecular weight is 354 g/mol. The molecule has 1 fully saturated rings. The maximum Gasteiger partial charge on any atom is 0.225 e. The highest BCUT2D eigenvalue weighted by atomic mass is 16.2. The quantitative estimate of drug-likeness (QED) is 0.361. The third kappa shape index (κ3) is 7.75. The molecule has 1 aliphatic heterocycles. The summed E-state index contributed by atoms with van der Waals surface area (Å²) in [5.41, 5.74) is 0. The van der Waals surface area contributed by atoms with E-state index in [4.69, 9.17) is 0 Å². The third-order valence-electron chi connectivity index (χ3n) is 4.19. The van der Waals surface area contributed by atoms with E-state index in [0.29, 0.717) is 19.1 Å². The topological polar surface area (TPSA) is 85.8 Å². The summed E-state index contributed by atoms with van der Waals surface area (Å²) in [6.45, 7) is 13.1. The molecule has 1 heterocycles. The lowest BCUT2D eigenvalue weighted by molar-refractivity contribution is -0.135. The second kappa shape index (κ2) is 10.9. The van der Waals surface area contributed by atoms with E-state index < -0.39 is 0 Å². The highest BCUT2D eigenvalue weighted by Gasteiger charge is 2.24. The van der Waals surface area contributed by atoms with Gasteiger partial charge in [0, 0.05) is 44.1 Å². The summed E-state index contributed by atoms with van der Waals surface area (Å²) in [6, 6.07) is 0.319. The molecule has 1 saturated heterocycles. The first-order chi connectivity index (χ1) is 11.8. The van der Waals surface area contributed by atoms with Crippen LogP contribution in [-0.4, -0.2) is 61.4 Å². The first-order valence-electron chi connectivity index (χ1n) is 9.46. The number of aliphatic imine (C=N–C) groups is 1. The Morgan fingerprint density at radius 2 is 1.72 bits per heavy atom. The summed E-state index contributed by atoms with van der Waals surface area (Å²) in [5.74, 6) is 1.11. The third-order valence-corrected chi connectivity index (χ3v) is 4.19. The minimum atomic E-state index is -0.00549. The smallest absolute Gasteiger partial charge is 0.225 e. The molecule has 0 saturated carbocycles. The number of nitrogens with zero attached hydrogens (tertiary/aromatic N) is 2. The molecule has 7 nitrogen and oxygen atoms in total. The number of guanidine groups is 1. The van der Waals surface area contributed by atoms with Crippen LogP contribution in [0.25, 0.3) is 0 Å². The summed E-state index contributed by atoms with van der Waals surface area (Å²) < 4.78 is 0. The van der Waals surface area contributed by atoms with Crippen LogP contribution in [0.4, 0.5) is 0 Å². The Hall–Kier alpha value is -1.79. The fraction of sp³-hybridized carbons (Fsp3) is 0.833. The Labute approximate surface area is 152 Å². The number of rotatable bonds is 7. The predicted molar refractivity (Wildman–Crippen MR) is 101 cm³/mol. The van der Waals surface area contributed by atoms with Gasteiger partial charge in [0.25, 0.3) is 0 Å². The van der Waals surface area contributed by atoms with Crippen LogP contribution in [0.3, 0.4) is 0 Å². The van der Waals surface area contributed by atoms with Crippen molar-refractivity contribution in [3.8, 4) is 0 Å². The Balaban J connectivity index is 2.41. The van der Waals surface area contributed by atoms with Crippen LogP contribution in [0, 0.1) is 11.8 Å². The fourth-order valence-corrected chi connectivity index (χ4v) is 2.67. The molecule has 144 valence electrons. The zero-order valence-corrected chi connectivity index (χ0v) is 16.4. The highest BCUT2D eigenvalue weighted by Crippen LogP contribution is 2.13. The molecule has 0 radical (unpaired) electrons. The van der Waals surface area contributed by atoms with E-state index in [1.807, 2.05) is 39.5 Å². The van der Waals surface area contributed by atoms with Crippen molar-refractivity contribution in [1.82, 2.24) is 20.9 Å². The summed E-state index contributed by atoms with van der Waals surface area (Å²) in [5, 5.41) is 9.55. The molecule has 2 amide bonds. The maximum atomic E-state index is 12.0. The van der Waals surface area contributed by atoms with Crippen molar-refractivity contribution in [2.24, 2.45) is 16.8 Å². The summed E-state index contributed by atoms with van der Waals surface area (Å²) in [4.78, 5) is 30.1. The van der Waals surface area contributed by atoms with E-state index in [0.717, 1.165) is 38.4 Å². The number of hydrogen-bond donors (Lipinski definition) is 3. The molecule has 7 heteroatoms. The first kappa shape index (κ1) is 21.3. The van der Waals surface area contributed by atoms with E-state index in [2.05, 4.69) is 20.9 Å². The number of likely N-dealkylation sites (tertiary alicyclic amines) is 1. The van der Waals surface area contributed by atoms with Crippen molar-refractivity contribution < 1.29 is 9.59 Å². The second-order valence-corrected chi connectivity index (χ2v) is 7.10. The van der Waals surface area contributed by atoms with Gasteiger partial charge in [-0.2, -0.15) is 0 Å². The Morgan fingerprint density at radius 3 is 2.24 bits per heavy atom. The van der Waals surface area contributed by atoms with E-state index >= 15 is 0 Å². The average Bonchev–Trinajstić information content (AvgIpc) is 2.58. The van der Waals surface area contributed by atoms with Crippen molar-refractivity contribution in [3.05, 3.63) is 0 Å². The van der Waals surface area contributed by atoms with E-state index in [1.165, 1.54) is 0 Å². The first-order valence-corrected chi connectivity index (χ1v) is 9.46. The molecule has 0 unspecified atom stereocenters. The number of carbonyl (C=O) groups is 2. The van der Waals surface area contributed by atoms with Gasteiger partial charge in [-0.05, 0) is 19.8 Å². The molecule has 1 aliphatic rings. The Morgan fingerprint density at radius 1 is 1.08 bits per heavy atom. The molecule has 0 spiro atoms. The van der Waals surface area contributed by atoms with E-state index in [-0.39, 0.29) is 23.7 Å². The monoisotopic (exact) mass is 353 g/mol. The Kier molecular flexibility index (Phi) is 9.31. The summed E-state index contributed by atoms with van der Waals surface area (Å²) in [6.07, 6.45) is 1.85. The molecule has 0 bridgehead atoms. The van der Waals surface area contributed by atoms with Crippen LogP contribution in [-0.2, 0) is 9.59 Å². The Bertz CT molecular complexity index is 454. The maximum absolute atomic E-state index is 12.0. The molecule has 0 aliphatic carbocycles. The van der Waals surface area contributed by atoms with Crippen LogP contribution in [0.5, 0.6) is 0 Å². The van der Waals surface area contributed by atoms with Gasteiger partial charge in [0.15, 0.2) is 5.96 Å². The van der Waals surface area contributed by atoms with Gasteiger partial charge in [0.1, 0.15) is 0 Å². The lowest BCUT2D eigenvalue weighted by Crippen LogP contribution is -2.50. The molecule has 3 N–H and O–H groups in total. The van der Waals surface area contributed by atoms with Crippen LogP contribution in [0.2, 0.25) is 0 Å². The highest BCUT2D eigenvalue weighted by molar-refractivity contribution is 5.80. The van der Waals surface area contributed by atoms with Gasteiger partial charge in [0.2, 0.25) is 11.8 Å². The summed E-state index contributed by atoms with van der Waals surface area (Å²) >= 11 is 0. The van der Waals surface area contributed by atoms with Crippen LogP contribution < -0.4 is 16.0 Å². The largest absolute Gasteiger partial charge is 0.357 e. The van der Waals surface area contributed by atoms with E-state index in [9.17, 15) is 9.59 Å². The zero-order valence-electron chi connectivity index (χ0n) is 16.4. The number of amides is 2. The number of piperidine rings is 1. The van der Waals surface area contributed by atoms with Crippen LogP contribution >= 0.6 is 0 Å². The zero-order chi connectivity index (χ0) is 18.8. The lowest BCUT2D eigenvalue weighted by Gasteiger charge is -2.34. The van der Waals surface area contributed by atoms with Gasteiger partial charge in [0.05, 0.1) is 6.54 Å². The molecule has 0 atom stereocenters. The molecule has 0 aromatic carbocycles. The van der Waals surface area contributed by atoms with Gasteiger partial charge in [-0.3, -0.25) is 14.6 Å². The van der Waals surface area contributed by atoms with Gasteiger partial charge >= 0.3 is 0 Å². The minimum absolute atomic E-state index is 0.00549. The minimum Gasteiger partial charge on any atom is -0.357 e. The lowest BCUT2D eigenvalue weighted by atomic mass is 10.0. The molecule has 0 aromatic heterocycles. The number of hydrogen-bond acceptors (Lipinski definition) is 3. The summed E-state index contributed by atoms with van der Waals surface area (Å²) in [7, 11) is 0. The van der Waals surface area contributed by atoms with E-state index in [1.54, 1.807) is 0 Å². The molecular formula is C18H35N5O2. The van der Waals surface area contributed by atoms with Crippen LogP contribution in [0.15, 0.2) is 4.99 Å². The SMILES string of the molecule is CCNC(=NCCNC(=O)C(C)C)NC1CCN(C(=O)C(C)C)CC1. The fourth-order valence-electron chi connectivity index (χ4n) is 2.67. The molecular weight excluding hydrogens is 318 g/mol. The van der Waals surface area contributed by atoms with Gasteiger partial charge in [-0.15, -0.1) is 0 Å². The van der Waals surface area contributed by atoms with Crippen molar-refractivity contribution in [3.63, 3.8) is 0 Å². The number of carbonyl (C=O) groups excluding carboxylic acids is 2. The number of nitrogens with one attached hydrogen (secondary N) is 3. The second-order valence-electron chi connectivity index (χ2n) is 7.10. The predicted octanol–water partition coefficient (Wildman–Crippen LogP) is 0.961. The van der Waals surface area contributed by atoms with Crippen molar-refractivity contribution in [1.29, 1.82) is 0 Å². The molecule has 1 rings (SSSR count). The normalized spacial score (nSPS) is 16.3. The molecule has 0 aromatic rings. The van der Waals surface area contributed by atoms with Gasteiger partial charge < -0.3 is 20.9 Å². The van der Waals surface area contributed by atoms with Gasteiger partial charge in [-0.25, -0.2) is 0 Å². The van der Waals surface area contributed by atoms with Crippen molar-refractivity contribution in [2.45, 2.75) is 53.5 Å². The standard InChI is InChI=1S/C18H35N5O2/c1-6-19-18(21-10-9-20-16(24)13(2)3)22-15-7-11-23(12-8-15)17(25)14(4)5/h13-15H,6-12H2,1-5H3,(H,20,24)(H2,19,21,22). The van der Waals surface area contributed by atoms with Crippen molar-refractivity contribution in [2.75, 3.05) is 32.7 Å². The molecule has 25 heavy (non-hydrogen) atoms. The van der Waals surface area contributed by atoms with Gasteiger partial charge in [-0.1, -0.05) is 27.7 Å².